The molecule has 158 valence electrons. The molecule has 2 aromatic rings. The van der Waals surface area contributed by atoms with Gasteiger partial charge in [0.2, 0.25) is 0 Å². The summed E-state index contributed by atoms with van der Waals surface area (Å²) in [5.74, 6) is -0.619. The third-order valence-corrected chi connectivity index (χ3v) is 6.84. The Hall–Kier alpha value is -2.91. The van der Waals surface area contributed by atoms with E-state index in [-0.39, 0.29) is 29.8 Å². The van der Waals surface area contributed by atoms with E-state index >= 15 is 0 Å². The van der Waals surface area contributed by atoms with Crippen LogP contribution in [-0.2, 0) is 41.5 Å². The first-order valence-corrected chi connectivity index (χ1v) is 11.1. The van der Waals surface area contributed by atoms with Gasteiger partial charge in [-0.3, -0.25) is 13.8 Å². The van der Waals surface area contributed by atoms with Crippen molar-refractivity contribution in [3.8, 4) is 0 Å². The third-order valence-electron chi connectivity index (χ3n) is 5.44. The minimum Gasteiger partial charge on any atom is -0.466 e. The number of H-pyrrole nitrogens is 1. The van der Waals surface area contributed by atoms with Crippen molar-refractivity contribution >= 4 is 39.3 Å². The summed E-state index contributed by atoms with van der Waals surface area (Å²) in [6.07, 6.45) is 2.24. The van der Waals surface area contributed by atoms with E-state index < -0.39 is 10.1 Å². The Morgan fingerprint density at radius 3 is 2.80 bits per heavy atom. The summed E-state index contributed by atoms with van der Waals surface area (Å²) in [5, 5.41) is 2.80. The van der Waals surface area contributed by atoms with Crippen LogP contribution >= 0.6 is 0 Å². The third kappa shape index (κ3) is 3.33. The number of carbonyl (C=O) groups excluding carboxylic acids is 2. The number of rotatable bonds is 4. The van der Waals surface area contributed by atoms with Crippen molar-refractivity contribution in [2.45, 2.75) is 38.5 Å². The lowest BCUT2D eigenvalue weighted by Gasteiger charge is -2.19. The Morgan fingerprint density at radius 2 is 2.07 bits per heavy atom. The van der Waals surface area contributed by atoms with E-state index in [1.165, 1.54) is 6.07 Å². The molecule has 0 fully saturated rings. The maximum absolute atomic E-state index is 12.7. The molecule has 1 aromatic heterocycles. The molecule has 1 amide bonds. The van der Waals surface area contributed by atoms with Gasteiger partial charge in [0.05, 0.1) is 30.1 Å². The number of aromatic nitrogens is 1. The van der Waals surface area contributed by atoms with Crippen LogP contribution in [-0.4, -0.2) is 38.5 Å². The molecule has 0 bridgehead atoms. The van der Waals surface area contributed by atoms with E-state index in [1.807, 2.05) is 13.8 Å². The first-order valence-electron chi connectivity index (χ1n) is 9.65. The van der Waals surface area contributed by atoms with E-state index in [1.54, 1.807) is 19.1 Å². The lowest BCUT2D eigenvalue weighted by Crippen LogP contribution is -2.19. The van der Waals surface area contributed by atoms with Gasteiger partial charge in [-0.2, -0.15) is 8.42 Å². The predicted octanol–water partition coefficient (Wildman–Crippen LogP) is 2.49. The highest BCUT2D eigenvalue weighted by molar-refractivity contribution is 7.86. The molecule has 8 nitrogen and oxygen atoms in total. The molecular formula is C21H22N2O6S. The van der Waals surface area contributed by atoms with Gasteiger partial charge in [-0.05, 0) is 62.1 Å². The van der Waals surface area contributed by atoms with Gasteiger partial charge in [0.1, 0.15) is 0 Å². The van der Waals surface area contributed by atoms with Gasteiger partial charge in [0.25, 0.3) is 16.0 Å². The molecule has 9 heteroatoms. The van der Waals surface area contributed by atoms with E-state index in [2.05, 4.69) is 10.3 Å². The average molecular weight is 430 g/mol. The normalized spacial score (nSPS) is 18.1. The Bertz CT molecular complexity index is 1210. The standard InChI is InChI=1S/C21H22N2O6S/c1-4-28-19(24)10-14-11(2)17(22-12(14)3)9-15-20-13-7-8-29-30(26,27)18(13)6-5-16(20)23-21(15)25/h5-6,9,22H,4,7-8,10H2,1-3H3,(H,23,25)/b15-9-. The van der Waals surface area contributed by atoms with Crippen LogP contribution in [0.15, 0.2) is 17.0 Å². The molecule has 0 saturated heterocycles. The number of benzene rings is 1. The van der Waals surface area contributed by atoms with Crippen molar-refractivity contribution in [1.29, 1.82) is 0 Å². The van der Waals surface area contributed by atoms with Crippen LogP contribution in [0.25, 0.3) is 11.6 Å². The van der Waals surface area contributed by atoms with Crippen molar-refractivity contribution in [3.63, 3.8) is 0 Å². The fraction of sp³-hybridized carbons (Fsp3) is 0.333. The summed E-state index contributed by atoms with van der Waals surface area (Å²) >= 11 is 0. The summed E-state index contributed by atoms with van der Waals surface area (Å²) in [5.41, 5.74) is 5.30. The maximum atomic E-state index is 12.7. The largest absolute Gasteiger partial charge is 0.466 e. The minimum absolute atomic E-state index is 0.0393. The zero-order chi connectivity index (χ0) is 21.6. The number of nitrogens with one attached hydrogen (secondary N) is 2. The molecule has 0 atom stereocenters. The van der Waals surface area contributed by atoms with Crippen LogP contribution in [0, 0.1) is 13.8 Å². The Morgan fingerprint density at radius 1 is 1.30 bits per heavy atom. The van der Waals surface area contributed by atoms with Gasteiger partial charge in [0.15, 0.2) is 0 Å². The van der Waals surface area contributed by atoms with Crippen molar-refractivity contribution < 1.29 is 26.9 Å². The SMILES string of the molecule is CCOC(=O)Cc1c(C)[nH]c(/C=C2\C(=O)Nc3ccc4c(c32)CCOS4(=O)=O)c1C. The molecule has 2 aliphatic rings. The van der Waals surface area contributed by atoms with Crippen molar-refractivity contribution in [1.82, 2.24) is 4.98 Å². The number of amides is 1. The van der Waals surface area contributed by atoms with Crippen LogP contribution in [0.2, 0.25) is 0 Å². The van der Waals surface area contributed by atoms with E-state index in [9.17, 15) is 18.0 Å². The highest BCUT2D eigenvalue weighted by atomic mass is 32.2. The molecule has 30 heavy (non-hydrogen) atoms. The smallest absolute Gasteiger partial charge is 0.310 e. The number of esters is 1. The monoisotopic (exact) mass is 430 g/mol. The molecule has 3 heterocycles. The summed E-state index contributed by atoms with van der Waals surface area (Å²) in [7, 11) is -3.83. The minimum atomic E-state index is -3.83. The number of aryl methyl sites for hydroxylation is 1. The van der Waals surface area contributed by atoms with Crippen molar-refractivity contribution in [2.75, 3.05) is 18.5 Å². The number of hydrogen-bond donors (Lipinski definition) is 2. The van der Waals surface area contributed by atoms with Crippen molar-refractivity contribution in [3.05, 3.63) is 45.8 Å². The Balaban J connectivity index is 1.81. The Kier molecular flexibility index (Phi) is 5.03. The molecular weight excluding hydrogens is 408 g/mol. The summed E-state index contributed by atoms with van der Waals surface area (Å²) in [6, 6.07) is 3.05. The predicted molar refractivity (Wildman–Crippen MR) is 110 cm³/mol. The fourth-order valence-electron chi connectivity index (χ4n) is 4.01. The Labute approximate surface area is 174 Å². The van der Waals surface area contributed by atoms with Gasteiger partial charge < -0.3 is 15.0 Å². The van der Waals surface area contributed by atoms with Gasteiger partial charge in [0, 0.05) is 22.6 Å². The van der Waals surface area contributed by atoms with Crippen LogP contribution in [0.5, 0.6) is 0 Å². The first kappa shape index (κ1) is 20.4. The molecule has 0 spiro atoms. The molecule has 0 unspecified atom stereocenters. The van der Waals surface area contributed by atoms with Crippen LogP contribution in [0.1, 0.15) is 40.6 Å². The second-order valence-electron chi connectivity index (χ2n) is 7.25. The molecule has 1 aromatic carbocycles. The lowest BCUT2D eigenvalue weighted by atomic mass is 9.96. The number of fused-ring (bicyclic) bond motifs is 3. The zero-order valence-electron chi connectivity index (χ0n) is 16.9. The van der Waals surface area contributed by atoms with Crippen molar-refractivity contribution in [2.24, 2.45) is 0 Å². The fourth-order valence-corrected chi connectivity index (χ4v) is 5.18. The maximum Gasteiger partial charge on any atom is 0.310 e. The summed E-state index contributed by atoms with van der Waals surface area (Å²) in [6.45, 7) is 5.84. The van der Waals surface area contributed by atoms with Crippen LogP contribution < -0.4 is 5.32 Å². The van der Waals surface area contributed by atoms with Gasteiger partial charge in [-0.15, -0.1) is 0 Å². The van der Waals surface area contributed by atoms with Crippen LogP contribution in [0.3, 0.4) is 0 Å². The molecule has 0 radical (unpaired) electrons. The molecule has 2 N–H and O–H groups in total. The van der Waals surface area contributed by atoms with Gasteiger partial charge in [-0.1, -0.05) is 0 Å². The molecule has 4 rings (SSSR count). The quantitative estimate of drug-likeness (QED) is 0.438. The van der Waals surface area contributed by atoms with E-state index in [0.717, 1.165) is 16.8 Å². The molecule has 0 aliphatic carbocycles. The topological polar surface area (TPSA) is 115 Å². The lowest BCUT2D eigenvalue weighted by molar-refractivity contribution is -0.142. The summed E-state index contributed by atoms with van der Waals surface area (Å²) in [4.78, 5) is 27.9. The highest BCUT2D eigenvalue weighted by Crippen LogP contribution is 2.41. The number of anilines is 1. The van der Waals surface area contributed by atoms with Crippen LogP contribution in [0.4, 0.5) is 5.69 Å². The highest BCUT2D eigenvalue weighted by Gasteiger charge is 2.34. The average Bonchev–Trinajstić information content (AvgIpc) is 3.13. The van der Waals surface area contributed by atoms with Gasteiger partial charge >= 0.3 is 5.97 Å². The number of aromatic amines is 1. The second kappa shape index (κ2) is 7.41. The molecule has 2 aliphatic heterocycles. The number of hydrogen-bond acceptors (Lipinski definition) is 6. The second-order valence-corrected chi connectivity index (χ2v) is 8.84. The summed E-state index contributed by atoms with van der Waals surface area (Å²) < 4.78 is 34.5. The van der Waals surface area contributed by atoms with Gasteiger partial charge in [-0.25, -0.2) is 0 Å². The number of ether oxygens (including phenoxy) is 1. The first-order chi connectivity index (χ1) is 14.2. The van der Waals surface area contributed by atoms with E-state index in [4.69, 9.17) is 8.92 Å². The molecule has 0 saturated carbocycles. The zero-order valence-corrected chi connectivity index (χ0v) is 17.7. The van der Waals surface area contributed by atoms with E-state index in [0.29, 0.717) is 41.1 Å². The number of carbonyl (C=O) groups is 2.